The zero-order valence-electron chi connectivity index (χ0n) is 23.0. The minimum Gasteiger partial charge on any atom is -0.354 e. The molecule has 9 heteroatoms. The lowest BCUT2D eigenvalue weighted by atomic mass is 10.0. The molecule has 0 unspecified atom stereocenters. The molecule has 0 aliphatic carbocycles. The topological polar surface area (TPSA) is 95.5 Å². The average Bonchev–Trinajstić information content (AvgIpc) is 2.94. The Morgan fingerprint density at radius 1 is 0.875 bits per heavy atom. The molecule has 0 radical (unpaired) electrons. The number of aryl methyl sites for hydroxylation is 2. The van der Waals surface area contributed by atoms with E-state index in [0.29, 0.717) is 44.1 Å². The van der Waals surface area contributed by atoms with Crippen molar-refractivity contribution < 1.29 is 13.2 Å². The Morgan fingerprint density at radius 2 is 1.57 bits per heavy atom. The molecule has 206 valence electrons. The van der Waals surface area contributed by atoms with Crippen molar-refractivity contribution in [2.75, 3.05) is 36.4 Å². The highest BCUT2D eigenvalue weighted by molar-refractivity contribution is 7.89. The summed E-state index contributed by atoms with van der Waals surface area (Å²) in [6, 6.07) is 24.7. The number of benzene rings is 3. The van der Waals surface area contributed by atoms with Gasteiger partial charge >= 0.3 is 0 Å². The Hall–Kier alpha value is -4.08. The molecule has 40 heavy (non-hydrogen) atoms. The molecule has 2 heterocycles. The third kappa shape index (κ3) is 6.05. The monoisotopic (exact) mass is 555 g/mol. The van der Waals surface area contributed by atoms with Crippen LogP contribution < -0.4 is 10.2 Å². The van der Waals surface area contributed by atoms with Crippen LogP contribution in [0.5, 0.6) is 0 Å². The normalized spacial score (nSPS) is 14.2. The number of anilines is 2. The highest BCUT2D eigenvalue weighted by atomic mass is 32.2. The Bertz CT molecular complexity index is 1620. The third-order valence-electron chi connectivity index (χ3n) is 7.04. The smallest absolute Gasteiger partial charge is 0.243 e. The van der Waals surface area contributed by atoms with E-state index in [-0.39, 0.29) is 10.8 Å². The van der Waals surface area contributed by atoms with Gasteiger partial charge in [0, 0.05) is 62.0 Å². The predicted octanol–water partition coefficient (Wildman–Crippen LogP) is 4.82. The lowest BCUT2D eigenvalue weighted by molar-refractivity contribution is -0.114. The molecule has 1 aliphatic heterocycles. The number of aromatic nitrogens is 2. The van der Waals surface area contributed by atoms with Gasteiger partial charge in [0.15, 0.2) is 5.82 Å². The molecule has 0 saturated carbocycles. The first-order chi connectivity index (χ1) is 19.2. The van der Waals surface area contributed by atoms with Crippen LogP contribution in [0.2, 0.25) is 0 Å². The van der Waals surface area contributed by atoms with Gasteiger partial charge in [-0.3, -0.25) is 4.79 Å². The number of nitrogens with zero attached hydrogens (tertiary/aromatic N) is 4. The molecular weight excluding hydrogens is 522 g/mol. The van der Waals surface area contributed by atoms with Gasteiger partial charge in [-0.25, -0.2) is 18.4 Å². The van der Waals surface area contributed by atoms with E-state index in [1.165, 1.54) is 28.9 Å². The zero-order chi connectivity index (χ0) is 28.3. The van der Waals surface area contributed by atoms with Crippen LogP contribution in [-0.4, -0.2) is 54.8 Å². The highest BCUT2D eigenvalue weighted by Gasteiger charge is 2.30. The first-order valence-electron chi connectivity index (χ1n) is 13.3. The summed E-state index contributed by atoms with van der Waals surface area (Å²) in [5.74, 6) is 1.32. The number of rotatable bonds is 7. The van der Waals surface area contributed by atoms with Gasteiger partial charge in [0.2, 0.25) is 15.9 Å². The van der Waals surface area contributed by atoms with Crippen LogP contribution in [0.1, 0.15) is 29.3 Å². The van der Waals surface area contributed by atoms with E-state index in [0.717, 1.165) is 28.2 Å². The van der Waals surface area contributed by atoms with E-state index in [4.69, 9.17) is 9.97 Å². The third-order valence-corrected chi connectivity index (χ3v) is 8.96. The quantitative estimate of drug-likeness (QED) is 0.351. The summed E-state index contributed by atoms with van der Waals surface area (Å²) in [5, 5.41) is 2.67. The van der Waals surface area contributed by atoms with Crippen LogP contribution in [0.15, 0.2) is 83.8 Å². The van der Waals surface area contributed by atoms with Crippen LogP contribution in [0.4, 0.5) is 11.5 Å². The van der Waals surface area contributed by atoms with Crippen molar-refractivity contribution >= 4 is 27.4 Å². The summed E-state index contributed by atoms with van der Waals surface area (Å²) in [6.07, 6.45) is 0.690. The molecule has 4 aromatic rings. The summed E-state index contributed by atoms with van der Waals surface area (Å²) in [6.45, 7) is 7.18. The van der Waals surface area contributed by atoms with Gasteiger partial charge in [-0.1, -0.05) is 54.1 Å². The molecule has 0 spiro atoms. The SMILES string of the molecule is CC(=O)Nc1ccc(S(=O)(=O)N2CCN(c3nc(-c4cccc(C)c4)nc(C)c3Cc3ccccc3)CC2)cc1. The maximum Gasteiger partial charge on any atom is 0.243 e. The van der Waals surface area contributed by atoms with E-state index in [2.05, 4.69) is 28.4 Å². The molecule has 8 nitrogen and oxygen atoms in total. The maximum absolute atomic E-state index is 13.4. The molecule has 1 N–H and O–H groups in total. The molecule has 5 rings (SSSR count). The lowest BCUT2D eigenvalue weighted by Gasteiger charge is -2.36. The first kappa shape index (κ1) is 27.5. The molecular formula is C31H33N5O3S. The molecule has 1 saturated heterocycles. The largest absolute Gasteiger partial charge is 0.354 e. The van der Waals surface area contributed by atoms with E-state index < -0.39 is 10.0 Å². The second kappa shape index (κ2) is 11.6. The molecule has 3 aromatic carbocycles. The second-order valence-corrected chi connectivity index (χ2v) is 12.0. The molecule has 1 amide bonds. The van der Waals surface area contributed by atoms with E-state index in [9.17, 15) is 13.2 Å². The minimum atomic E-state index is -3.67. The Labute approximate surface area is 235 Å². The Morgan fingerprint density at radius 3 is 2.23 bits per heavy atom. The number of hydrogen-bond donors (Lipinski definition) is 1. The average molecular weight is 556 g/mol. The van der Waals surface area contributed by atoms with Crippen LogP contribution in [0, 0.1) is 13.8 Å². The van der Waals surface area contributed by atoms with E-state index in [1.54, 1.807) is 12.1 Å². The fourth-order valence-electron chi connectivity index (χ4n) is 4.97. The summed E-state index contributed by atoms with van der Waals surface area (Å²) in [4.78, 5) is 23.6. The molecule has 1 aromatic heterocycles. The van der Waals surface area contributed by atoms with Gasteiger partial charge in [-0.15, -0.1) is 0 Å². The van der Waals surface area contributed by atoms with Crippen LogP contribution in [0.3, 0.4) is 0 Å². The van der Waals surface area contributed by atoms with Gasteiger partial charge < -0.3 is 10.2 Å². The molecule has 0 atom stereocenters. The first-order valence-corrected chi connectivity index (χ1v) is 14.8. The van der Waals surface area contributed by atoms with E-state index >= 15 is 0 Å². The number of piperazine rings is 1. The second-order valence-electron chi connectivity index (χ2n) is 10.1. The number of carbonyl (C=O) groups is 1. The van der Waals surface area contributed by atoms with Crippen molar-refractivity contribution in [3.8, 4) is 11.4 Å². The van der Waals surface area contributed by atoms with Crippen LogP contribution in [-0.2, 0) is 21.2 Å². The zero-order valence-corrected chi connectivity index (χ0v) is 23.8. The summed E-state index contributed by atoms with van der Waals surface area (Å²) >= 11 is 0. The number of nitrogens with one attached hydrogen (secondary N) is 1. The van der Waals surface area contributed by atoms with Crippen molar-refractivity contribution in [2.45, 2.75) is 32.1 Å². The fourth-order valence-corrected chi connectivity index (χ4v) is 6.39. The summed E-state index contributed by atoms with van der Waals surface area (Å²) < 4.78 is 28.3. The van der Waals surface area contributed by atoms with Crippen molar-refractivity contribution in [1.29, 1.82) is 0 Å². The molecule has 1 fully saturated rings. The standard InChI is InChI=1S/C31H33N5O3S/c1-22-8-7-11-26(20-22)30-32-23(2)29(21-25-9-5-4-6-10-25)31(34-30)35-16-18-36(19-17-35)40(38,39)28-14-12-27(13-15-28)33-24(3)37/h4-15,20H,16-19,21H2,1-3H3,(H,33,37). The summed E-state index contributed by atoms with van der Waals surface area (Å²) in [7, 11) is -3.67. The lowest BCUT2D eigenvalue weighted by Crippen LogP contribution is -2.49. The molecule has 1 aliphatic rings. The Balaban J connectivity index is 1.42. The maximum atomic E-state index is 13.4. The van der Waals surface area contributed by atoms with E-state index in [1.807, 2.05) is 50.2 Å². The number of sulfonamides is 1. The summed E-state index contributed by atoms with van der Waals surface area (Å²) in [5.41, 5.74) is 5.79. The minimum absolute atomic E-state index is 0.205. The van der Waals surface area contributed by atoms with Crippen molar-refractivity contribution in [2.24, 2.45) is 0 Å². The van der Waals surface area contributed by atoms with Gasteiger partial charge in [0.05, 0.1) is 4.90 Å². The van der Waals surface area contributed by atoms with Crippen LogP contribution in [0.25, 0.3) is 11.4 Å². The van der Waals surface area contributed by atoms with Crippen LogP contribution >= 0.6 is 0 Å². The van der Waals surface area contributed by atoms with Gasteiger partial charge in [-0.05, 0) is 49.7 Å². The van der Waals surface area contributed by atoms with Crippen molar-refractivity contribution in [1.82, 2.24) is 14.3 Å². The fraction of sp³-hybridized carbons (Fsp3) is 0.258. The number of hydrogen-bond acceptors (Lipinski definition) is 6. The Kier molecular flexibility index (Phi) is 7.95. The van der Waals surface area contributed by atoms with Gasteiger partial charge in [0.1, 0.15) is 5.82 Å². The highest BCUT2D eigenvalue weighted by Crippen LogP contribution is 2.29. The van der Waals surface area contributed by atoms with Gasteiger partial charge in [0.25, 0.3) is 0 Å². The number of amides is 1. The van der Waals surface area contributed by atoms with Crippen molar-refractivity contribution in [3.63, 3.8) is 0 Å². The number of carbonyl (C=O) groups excluding carboxylic acids is 1. The van der Waals surface area contributed by atoms with Gasteiger partial charge in [-0.2, -0.15) is 4.31 Å². The van der Waals surface area contributed by atoms with Crippen molar-refractivity contribution in [3.05, 3.63) is 101 Å². The molecule has 0 bridgehead atoms. The predicted molar refractivity (Wildman–Crippen MR) is 158 cm³/mol.